The monoisotopic (exact) mass is 405 g/mol. The quantitative estimate of drug-likeness (QED) is 0.378. The summed E-state index contributed by atoms with van der Waals surface area (Å²) in [7, 11) is 0. The molecule has 0 saturated carbocycles. The van der Waals surface area contributed by atoms with Crippen molar-refractivity contribution < 1.29 is 14.1 Å². The van der Waals surface area contributed by atoms with Crippen LogP contribution in [0.25, 0.3) is 11.0 Å². The van der Waals surface area contributed by atoms with Crippen molar-refractivity contribution in [2.24, 2.45) is 0 Å². The molecule has 5 rings (SSSR count). The molecule has 1 aliphatic rings. The molecule has 1 atom stereocenters. The minimum atomic E-state index is -0.787. The smallest absolute Gasteiger partial charge is 0.297 e. The highest BCUT2D eigenvalue weighted by Crippen LogP contribution is 2.42. The third-order valence-corrected chi connectivity index (χ3v) is 5.59. The van der Waals surface area contributed by atoms with E-state index in [4.69, 9.17) is 4.42 Å². The lowest BCUT2D eigenvalue weighted by Crippen LogP contribution is -2.29. The van der Waals surface area contributed by atoms with Gasteiger partial charge in [-0.1, -0.05) is 12.1 Å². The molecule has 1 amide bonds. The molecule has 0 saturated heterocycles. The Morgan fingerprint density at radius 3 is 2.55 bits per heavy atom. The summed E-state index contributed by atoms with van der Waals surface area (Å²) in [5.41, 5.74) is 0.702. The van der Waals surface area contributed by atoms with Gasteiger partial charge in [0.05, 0.1) is 21.9 Å². The van der Waals surface area contributed by atoms with Crippen molar-refractivity contribution in [1.29, 1.82) is 0 Å². The van der Waals surface area contributed by atoms with Crippen LogP contribution >= 0.6 is 11.3 Å². The second-order valence-corrected chi connectivity index (χ2v) is 7.28. The molecule has 0 radical (unpaired) electrons. The number of amides is 1. The number of nitro benzene ring substituents is 1. The zero-order valence-corrected chi connectivity index (χ0v) is 15.5. The molecule has 2 aromatic carbocycles. The SMILES string of the molecule is O=C1c2oc3ccccc3c(=O)c2[C@H](c2ccc([N+](=O)[O-])cc2)N1c1nccs1. The molecule has 8 nitrogen and oxygen atoms in total. The van der Waals surface area contributed by atoms with Crippen LogP contribution in [0, 0.1) is 10.1 Å². The number of carbonyl (C=O) groups is 1. The largest absolute Gasteiger partial charge is 0.450 e. The van der Waals surface area contributed by atoms with E-state index in [9.17, 15) is 19.7 Å². The number of anilines is 1. The highest BCUT2D eigenvalue weighted by atomic mass is 32.1. The Bertz CT molecular complexity index is 1330. The van der Waals surface area contributed by atoms with Crippen molar-refractivity contribution in [3.63, 3.8) is 0 Å². The van der Waals surface area contributed by atoms with Gasteiger partial charge in [-0.2, -0.15) is 0 Å². The molecular formula is C20H11N3O5S. The first-order chi connectivity index (χ1) is 14.1. The summed E-state index contributed by atoms with van der Waals surface area (Å²) in [6.07, 6.45) is 1.56. The summed E-state index contributed by atoms with van der Waals surface area (Å²) in [6.45, 7) is 0. The van der Waals surface area contributed by atoms with E-state index in [1.807, 2.05) is 0 Å². The van der Waals surface area contributed by atoms with Crippen molar-refractivity contribution >= 4 is 39.0 Å². The molecule has 2 aromatic heterocycles. The fourth-order valence-electron chi connectivity index (χ4n) is 3.55. The average Bonchev–Trinajstić information content (AvgIpc) is 3.35. The minimum Gasteiger partial charge on any atom is -0.450 e. The van der Waals surface area contributed by atoms with Gasteiger partial charge in [0, 0.05) is 23.7 Å². The first kappa shape index (κ1) is 17.3. The molecule has 142 valence electrons. The Hall–Kier alpha value is -3.85. The number of non-ortho nitro benzene ring substituents is 1. The van der Waals surface area contributed by atoms with Gasteiger partial charge >= 0.3 is 0 Å². The van der Waals surface area contributed by atoms with Gasteiger partial charge in [-0.3, -0.25) is 24.6 Å². The van der Waals surface area contributed by atoms with Gasteiger partial charge in [0.25, 0.3) is 11.6 Å². The maximum Gasteiger partial charge on any atom is 0.297 e. The van der Waals surface area contributed by atoms with Crippen molar-refractivity contribution in [3.05, 3.63) is 97.3 Å². The molecule has 4 aromatic rings. The number of thiazole rings is 1. The minimum absolute atomic E-state index is 0.0350. The second kappa shape index (κ2) is 6.35. The lowest BCUT2D eigenvalue weighted by atomic mass is 9.98. The zero-order valence-electron chi connectivity index (χ0n) is 14.6. The Kier molecular flexibility index (Phi) is 3.78. The number of para-hydroxylation sites is 1. The van der Waals surface area contributed by atoms with Gasteiger partial charge in [-0.05, 0) is 29.8 Å². The number of rotatable bonds is 3. The van der Waals surface area contributed by atoms with Gasteiger partial charge in [-0.25, -0.2) is 4.98 Å². The molecule has 0 bridgehead atoms. The molecule has 0 unspecified atom stereocenters. The number of nitro groups is 1. The number of hydrogen-bond acceptors (Lipinski definition) is 7. The fourth-order valence-corrected chi connectivity index (χ4v) is 4.21. The third kappa shape index (κ3) is 2.55. The van der Waals surface area contributed by atoms with Crippen LogP contribution in [0.2, 0.25) is 0 Å². The Labute approximate surface area is 166 Å². The maximum atomic E-state index is 13.3. The van der Waals surface area contributed by atoms with Gasteiger partial charge < -0.3 is 4.42 Å². The van der Waals surface area contributed by atoms with E-state index >= 15 is 0 Å². The lowest BCUT2D eigenvalue weighted by molar-refractivity contribution is -0.384. The lowest BCUT2D eigenvalue weighted by Gasteiger charge is -2.22. The zero-order chi connectivity index (χ0) is 20.1. The molecular weight excluding hydrogens is 394 g/mol. The predicted octanol–water partition coefficient (Wildman–Crippen LogP) is 3.91. The topological polar surface area (TPSA) is 107 Å². The summed E-state index contributed by atoms with van der Waals surface area (Å²) in [4.78, 5) is 42.6. The van der Waals surface area contributed by atoms with Gasteiger partial charge in [0.2, 0.25) is 5.76 Å². The summed E-state index contributed by atoms with van der Waals surface area (Å²) >= 11 is 1.25. The van der Waals surface area contributed by atoms with Crippen molar-refractivity contribution in [1.82, 2.24) is 4.98 Å². The van der Waals surface area contributed by atoms with Crippen LogP contribution in [0.3, 0.4) is 0 Å². The van der Waals surface area contributed by atoms with Crippen molar-refractivity contribution in [2.45, 2.75) is 6.04 Å². The van der Waals surface area contributed by atoms with Gasteiger partial charge in [-0.15, -0.1) is 11.3 Å². The molecule has 0 spiro atoms. The number of fused-ring (bicyclic) bond motifs is 2. The van der Waals surface area contributed by atoms with E-state index in [1.54, 1.807) is 48.0 Å². The highest BCUT2D eigenvalue weighted by molar-refractivity contribution is 7.13. The fraction of sp³-hybridized carbons (Fsp3) is 0.0500. The van der Waals surface area contributed by atoms with Gasteiger partial charge in [0.15, 0.2) is 10.6 Å². The van der Waals surface area contributed by atoms with Crippen LogP contribution in [0.1, 0.15) is 27.7 Å². The molecule has 3 heterocycles. The summed E-state index contributed by atoms with van der Waals surface area (Å²) in [5, 5.41) is 13.5. The van der Waals surface area contributed by atoms with Crippen molar-refractivity contribution in [2.75, 3.05) is 4.90 Å². The molecule has 0 fully saturated rings. The summed E-state index contributed by atoms with van der Waals surface area (Å²) in [6, 6.07) is 11.7. The van der Waals surface area contributed by atoms with Crippen LogP contribution in [0.5, 0.6) is 0 Å². The van der Waals surface area contributed by atoms with Crippen LogP contribution < -0.4 is 10.3 Å². The van der Waals surface area contributed by atoms with Crippen molar-refractivity contribution in [3.8, 4) is 0 Å². The molecule has 0 aliphatic carbocycles. The standard InChI is InChI=1S/C20H11N3O5S/c24-17-13-3-1-2-4-14(13)28-18-15(17)16(11-5-7-12(8-6-11)23(26)27)22(19(18)25)20-21-9-10-29-20/h1-10,16H/t16-/m0/s1. The predicted molar refractivity (Wildman–Crippen MR) is 106 cm³/mol. The summed E-state index contributed by atoms with van der Waals surface area (Å²) in [5.74, 6) is -0.506. The third-order valence-electron chi connectivity index (χ3n) is 4.82. The normalized spacial score (nSPS) is 15.7. The summed E-state index contributed by atoms with van der Waals surface area (Å²) < 4.78 is 5.82. The first-order valence-electron chi connectivity index (χ1n) is 8.59. The number of nitrogens with zero attached hydrogens (tertiary/aromatic N) is 3. The molecule has 0 N–H and O–H groups in total. The van der Waals surface area contributed by atoms with E-state index in [2.05, 4.69) is 4.98 Å². The van der Waals surface area contributed by atoms with Crippen LogP contribution in [0.4, 0.5) is 10.8 Å². The number of carbonyl (C=O) groups excluding carboxylic acids is 1. The maximum absolute atomic E-state index is 13.3. The highest BCUT2D eigenvalue weighted by Gasteiger charge is 2.44. The molecule has 29 heavy (non-hydrogen) atoms. The average molecular weight is 405 g/mol. The van der Waals surface area contributed by atoms with Gasteiger partial charge in [0.1, 0.15) is 5.58 Å². The van der Waals surface area contributed by atoms with Crippen LogP contribution in [-0.2, 0) is 0 Å². The van der Waals surface area contributed by atoms with E-state index in [0.717, 1.165) is 0 Å². The number of aromatic nitrogens is 1. The van der Waals surface area contributed by atoms with E-state index in [-0.39, 0.29) is 22.4 Å². The van der Waals surface area contributed by atoms with E-state index < -0.39 is 16.9 Å². The number of hydrogen-bond donors (Lipinski definition) is 0. The Morgan fingerprint density at radius 1 is 1.10 bits per heavy atom. The molecule has 9 heteroatoms. The first-order valence-corrected chi connectivity index (χ1v) is 9.47. The Morgan fingerprint density at radius 2 is 1.86 bits per heavy atom. The number of benzene rings is 2. The van der Waals surface area contributed by atoms with E-state index in [1.165, 1.54) is 28.4 Å². The van der Waals surface area contributed by atoms with Crippen LogP contribution in [-0.4, -0.2) is 15.8 Å². The molecule has 1 aliphatic heterocycles. The van der Waals surface area contributed by atoms with Crippen LogP contribution in [0.15, 0.2) is 69.3 Å². The Balaban J connectivity index is 1.79. The van der Waals surface area contributed by atoms with E-state index in [0.29, 0.717) is 21.7 Å². The second-order valence-electron chi connectivity index (χ2n) is 6.41.